The van der Waals surface area contributed by atoms with Crippen LogP contribution < -0.4 is 4.90 Å². The van der Waals surface area contributed by atoms with Crippen molar-refractivity contribution in [2.45, 2.75) is 0 Å². The van der Waals surface area contributed by atoms with Crippen LogP contribution in [0.3, 0.4) is 0 Å². The zero-order valence-corrected chi connectivity index (χ0v) is 31.8. The SMILES string of the molecule is c1ccc(-c2ccccc2-c2c(-c3ccccc3)cccc2N(c2ccc3c(c2)oc2ccccc23)c2ccccc2-c2cccc3c2sc2ccccc23)cc1. The molecule has 0 atom stereocenters. The predicted octanol–water partition coefficient (Wildman–Crippen LogP) is 16.1. The molecule has 0 saturated heterocycles. The Hall–Kier alpha value is -7.20. The molecule has 9 aromatic carbocycles. The Balaban J connectivity index is 1.24. The zero-order valence-electron chi connectivity index (χ0n) is 31.0. The van der Waals surface area contributed by atoms with Crippen molar-refractivity contribution >= 4 is 70.5 Å². The molecule has 0 saturated carbocycles. The summed E-state index contributed by atoms with van der Waals surface area (Å²) in [5.41, 5.74) is 14.3. The van der Waals surface area contributed by atoms with E-state index in [1.807, 2.05) is 17.4 Å². The van der Waals surface area contributed by atoms with Crippen molar-refractivity contribution in [3.05, 3.63) is 212 Å². The summed E-state index contributed by atoms with van der Waals surface area (Å²) < 4.78 is 9.16. The van der Waals surface area contributed by atoms with Crippen LogP contribution in [0.25, 0.3) is 86.6 Å². The highest BCUT2D eigenvalue weighted by atomic mass is 32.1. The van der Waals surface area contributed by atoms with Gasteiger partial charge in [0, 0.05) is 59.4 Å². The van der Waals surface area contributed by atoms with E-state index < -0.39 is 0 Å². The molecule has 3 heteroatoms. The number of anilines is 3. The summed E-state index contributed by atoms with van der Waals surface area (Å²) in [7, 11) is 0. The number of para-hydroxylation sites is 2. The Morgan fingerprint density at radius 1 is 0.351 bits per heavy atom. The topological polar surface area (TPSA) is 16.4 Å². The number of hydrogen-bond acceptors (Lipinski definition) is 3. The molecule has 0 radical (unpaired) electrons. The molecule has 0 amide bonds. The van der Waals surface area contributed by atoms with Crippen molar-refractivity contribution in [2.24, 2.45) is 0 Å². The van der Waals surface area contributed by atoms with Gasteiger partial charge in [0.2, 0.25) is 0 Å². The van der Waals surface area contributed by atoms with E-state index >= 15 is 0 Å². The van der Waals surface area contributed by atoms with Gasteiger partial charge in [-0.3, -0.25) is 0 Å². The van der Waals surface area contributed by atoms with Gasteiger partial charge in [-0.15, -0.1) is 11.3 Å². The van der Waals surface area contributed by atoms with E-state index in [4.69, 9.17) is 4.42 Å². The fraction of sp³-hybridized carbons (Fsp3) is 0. The summed E-state index contributed by atoms with van der Waals surface area (Å²) >= 11 is 1.87. The van der Waals surface area contributed by atoms with Crippen LogP contribution in [-0.4, -0.2) is 0 Å². The molecule has 0 unspecified atom stereocenters. The van der Waals surface area contributed by atoms with E-state index in [0.29, 0.717) is 0 Å². The van der Waals surface area contributed by atoms with Gasteiger partial charge in [0.25, 0.3) is 0 Å². The number of furan rings is 1. The van der Waals surface area contributed by atoms with Crippen LogP contribution >= 0.6 is 11.3 Å². The molecule has 0 aliphatic carbocycles. The lowest BCUT2D eigenvalue weighted by molar-refractivity contribution is 0.669. The van der Waals surface area contributed by atoms with Crippen LogP contribution in [0.5, 0.6) is 0 Å². The van der Waals surface area contributed by atoms with Gasteiger partial charge in [-0.25, -0.2) is 0 Å². The molecule has 11 rings (SSSR count). The van der Waals surface area contributed by atoms with Crippen molar-refractivity contribution in [1.82, 2.24) is 0 Å². The predicted molar refractivity (Wildman–Crippen MR) is 243 cm³/mol. The maximum atomic E-state index is 6.58. The minimum atomic E-state index is 0.855. The third kappa shape index (κ3) is 5.63. The van der Waals surface area contributed by atoms with Crippen LogP contribution in [-0.2, 0) is 0 Å². The number of rotatable bonds is 7. The molecule has 268 valence electrons. The molecule has 0 fully saturated rings. The van der Waals surface area contributed by atoms with Crippen molar-refractivity contribution in [1.29, 1.82) is 0 Å². The average molecular weight is 746 g/mol. The smallest absolute Gasteiger partial charge is 0.137 e. The highest BCUT2D eigenvalue weighted by Crippen LogP contribution is 2.51. The lowest BCUT2D eigenvalue weighted by Gasteiger charge is -2.31. The average Bonchev–Trinajstić information content (AvgIpc) is 3.86. The standard InChI is InChI=1S/C54H35NOS/c1-3-17-36(18-4-1)39-21-7-8-25-45(39)53-40(37-19-5-2-6-20-37)26-16-30-49(53)55(38-33-34-43-42-23-10-13-31-50(42)56-51(43)35-38)48-29-12-9-22-41(48)46-27-15-28-47-44-24-11-14-32-52(44)57-54(46)47/h1-35H. The van der Waals surface area contributed by atoms with Crippen molar-refractivity contribution in [3.63, 3.8) is 0 Å². The second-order valence-corrected chi connectivity index (χ2v) is 15.4. The summed E-state index contributed by atoms with van der Waals surface area (Å²) in [6.07, 6.45) is 0. The Morgan fingerprint density at radius 3 is 1.74 bits per heavy atom. The van der Waals surface area contributed by atoms with E-state index in [-0.39, 0.29) is 0 Å². The maximum Gasteiger partial charge on any atom is 0.137 e. The lowest BCUT2D eigenvalue weighted by Crippen LogP contribution is -2.13. The first-order valence-electron chi connectivity index (χ1n) is 19.3. The second-order valence-electron chi connectivity index (χ2n) is 14.4. The van der Waals surface area contributed by atoms with Crippen LogP contribution in [0.15, 0.2) is 217 Å². The quantitative estimate of drug-likeness (QED) is 0.162. The van der Waals surface area contributed by atoms with Crippen molar-refractivity contribution < 1.29 is 4.42 Å². The monoisotopic (exact) mass is 745 g/mol. The summed E-state index contributed by atoms with van der Waals surface area (Å²) in [5.74, 6) is 0. The van der Waals surface area contributed by atoms with Gasteiger partial charge in [0.15, 0.2) is 0 Å². The largest absolute Gasteiger partial charge is 0.456 e. The summed E-state index contributed by atoms with van der Waals surface area (Å²) in [5, 5.41) is 4.79. The third-order valence-corrected chi connectivity index (χ3v) is 12.3. The third-order valence-electron chi connectivity index (χ3n) is 11.1. The van der Waals surface area contributed by atoms with E-state index in [1.165, 1.54) is 36.9 Å². The van der Waals surface area contributed by atoms with E-state index in [1.54, 1.807) is 0 Å². The molecule has 57 heavy (non-hydrogen) atoms. The first-order chi connectivity index (χ1) is 28.3. The van der Waals surface area contributed by atoms with Crippen LogP contribution in [0, 0.1) is 0 Å². The van der Waals surface area contributed by atoms with Gasteiger partial charge in [0.1, 0.15) is 11.2 Å². The van der Waals surface area contributed by atoms with Gasteiger partial charge in [-0.1, -0.05) is 170 Å². The molecular formula is C54H35NOS. The Labute approximate surface area is 335 Å². The van der Waals surface area contributed by atoms with E-state index in [9.17, 15) is 0 Å². The number of benzene rings is 9. The van der Waals surface area contributed by atoms with Gasteiger partial charge in [0.05, 0.1) is 11.4 Å². The fourth-order valence-electron chi connectivity index (χ4n) is 8.56. The molecule has 0 spiro atoms. The first-order valence-corrected chi connectivity index (χ1v) is 20.2. The molecular weight excluding hydrogens is 711 g/mol. The van der Waals surface area contributed by atoms with E-state index in [2.05, 4.69) is 211 Å². The molecule has 2 aromatic heterocycles. The number of nitrogens with zero attached hydrogens (tertiary/aromatic N) is 1. The van der Waals surface area contributed by atoms with Gasteiger partial charge < -0.3 is 9.32 Å². The number of fused-ring (bicyclic) bond motifs is 6. The van der Waals surface area contributed by atoms with Crippen molar-refractivity contribution in [2.75, 3.05) is 4.90 Å². The van der Waals surface area contributed by atoms with Gasteiger partial charge >= 0.3 is 0 Å². The van der Waals surface area contributed by atoms with Gasteiger partial charge in [-0.2, -0.15) is 0 Å². The molecule has 0 aliphatic rings. The first kappa shape index (κ1) is 33.2. The minimum absolute atomic E-state index is 0.855. The minimum Gasteiger partial charge on any atom is -0.456 e. The summed E-state index contributed by atoms with van der Waals surface area (Å²) in [6.45, 7) is 0. The molecule has 2 heterocycles. The van der Waals surface area contributed by atoms with Gasteiger partial charge in [-0.05, 0) is 64.2 Å². The number of hydrogen-bond donors (Lipinski definition) is 0. The molecule has 0 bridgehead atoms. The molecule has 0 aliphatic heterocycles. The fourth-order valence-corrected chi connectivity index (χ4v) is 9.79. The summed E-state index contributed by atoms with van der Waals surface area (Å²) in [4.78, 5) is 2.46. The Kier molecular flexibility index (Phi) is 8.04. The number of thiophene rings is 1. The van der Waals surface area contributed by atoms with Crippen molar-refractivity contribution in [3.8, 4) is 44.5 Å². The molecule has 2 nitrogen and oxygen atoms in total. The van der Waals surface area contributed by atoms with Crippen LogP contribution in [0.2, 0.25) is 0 Å². The lowest BCUT2D eigenvalue weighted by atomic mass is 9.87. The normalized spacial score (nSPS) is 11.5. The van der Waals surface area contributed by atoms with E-state index in [0.717, 1.165) is 66.8 Å². The second kappa shape index (κ2) is 13.8. The maximum absolute atomic E-state index is 6.58. The summed E-state index contributed by atoms with van der Waals surface area (Å²) in [6, 6.07) is 76.4. The van der Waals surface area contributed by atoms with Crippen LogP contribution in [0.1, 0.15) is 0 Å². The van der Waals surface area contributed by atoms with Crippen LogP contribution in [0.4, 0.5) is 17.1 Å². The highest BCUT2D eigenvalue weighted by molar-refractivity contribution is 7.26. The Bertz CT molecular complexity index is 3250. The molecule has 11 aromatic rings. The highest BCUT2D eigenvalue weighted by Gasteiger charge is 2.26. The zero-order chi connectivity index (χ0) is 37.7. The Morgan fingerprint density at radius 2 is 0.912 bits per heavy atom. The molecule has 0 N–H and O–H groups in total.